The van der Waals surface area contributed by atoms with Gasteiger partial charge in [-0.05, 0) is 24.6 Å². The van der Waals surface area contributed by atoms with E-state index in [0.29, 0.717) is 6.79 Å². The summed E-state index contributed by atoms with van der Waals surface area (Å²) in [5, 5.41) is 3.38. The van der Waals surface area contributed by atoms with E-state index in [2.05, 4.69) is 36.5 Å². The smallest absolute Gasteiger partial charge is 0.231 e. The Balaban J connectivity index is 1.70. The predicted octanol–water partition coefficient (Wildman–Crippen LogP) is 3.34. The molecule has 0 radical (unpaired) electrons. The minimum Gasteiger partial charge on any atom is -0.454 e. The number of hydrogen-bond donors (Lipinski definition) is 1. The summed E-state index contributed by atoms with van der Waals surface area (Å²) < 4.78 is 10.6. The van der Waals surface area contributed by atoms with Crippen molar-refractivity contribution in [3.63, 3.8) is 0 Å². The number of rotatable bonds is 3. The van der Waals surface area contributed by atoms with Gasteiger partial charge in [0.1, 0.15) is 0 Å². The molecule has 1 aliphatic rings. The molecule has 0 unspecified atom stereocenters. The van der Waals surface area contributed by atoms with E-state index in [-0.39, 0.29) is 0 Å². The highest BCUT2D eigenvalue weighted by molar-refractivity contribution is 5.55. The molecular formula is C15H15NO2. The molecule has 92 valence electrons. The van der Waals surface area contributed by atoms with Crippen molar-refractivity contribution in [2.75, 3.05) is 12.1 Å². The first-order valence-electron chi connectivity index (χ1n) is 6.00. The minimum atomic E-state index is 0.316. The Bertz CT molecular complexity index is 566. The van der Waals surface area contributed by atoms with Crippen LogP contribution in [-0.4, -0.2) is 6.79 Å². The average molecular weight is 241 g/mol. The molecule has 0 saturated heterocycles. The van der Waals surface area contributed by atoms with Crippen LogP contribution in [0.25, 0.3) is 0 Å². The number of aryl methyl sites for hydroxylation is 1. The molecule has 1 heterocycles. The summed E-state index contributed by atoms with van der Waals surface area (Å²) in [7, 11) is 0. The Morgan fingerprint density at radius 3 is 2.83 bits per heavy atom. The van der Waals surface area contributed by atoms with E-state index in [1.807, 2.05) is 18.2 Å². The average Bonchev–Trinajstić information content (AvgIpc) is 2.84. The quantitative estimate of drug-likeness (QED) is 0.894. The van der Waals surface area contributed by atoms with Crippen LogP contribution >= 0.6 is 0 Å². The summed E-state index contributed by atoms with van der Waals surface area (Å²) in [5.74, 6) is 1.63. The fraction of sp³-hybridized carbons (Fsp3) is 0.200. The van der Waals surface area contributed by atoms with E-state index in [0.717, 1.165) is 23.7 Å². The molecule has 3 rings (SSSR count). The second-order valence-electron chi connectivity index (χ2n) is 4.41. The normalized spacial score (nSPS) is 12.5. The van der Waals surface area contributed by atoms with Gasteiger partial charge in [-0.3, -0.25) is 0 Å². The number of fused-ring (bicyclic) bond motifs is 1. The zero-order valence-electron chi connectivity index (χ0n) is 10.3. The molecule has 0 saturated carbocycles. The van der Waals surface area contributed by atoms with E-state index < -0.39 is 0 Å². The van der Waals surface area contributed by atoms with Crippen LogP contribution < -0.4 is 14.8 Å². The second kappa shape index (κ2) is 4.61. The van der Waals surface area contributed by atoms with Crippen LogP contribution in [0.1, 0.15) is 11.1 Å². The standard InChI is InChI=1S/C15H15NO2/c1-11-3-2-4-12(7-11)9-16-13-5-6-14-15(8-13)18-10-17-14/h2-8,16H,9-10H2,1H3. The van der Waals surface area contributed by atoms with Crippen molar-refractivity contribution in [3.8, 4) is 11.5 Å². The van der Waals surface area contributed by atoms with Crippen molar-refractivity contribution in [1.82, 2.24) is 0 Å². The van der Waals surface area contributed by atoms with E-state index >= 15 is 0 Å². The molecule has 0 aliphatic carbocycles. The molecule has 0 bridgehead atoms. The Hall–Kier alpha value is -2.16. The van der Waals surface area contributed by atoms with Gasteiger partial charge in [0.05, 0.1) is 0 Å². The summed E-state index contributed by atoms with van der Waals surface area (Å²) in [6.45, 7) is 3.22. The van der Waals surface area contributed by atoms with Gasteiger partial charge >= 0.3 is 0 Å². The number of benzene rings is 2. The summed E-state index contributed by atoms with van der Waals surface area (Å²) >= 11 is 0. The van der Waals surface area contributed by atoms with Gasteiger partial charge in [0, 0.05) is 18.3 Å². The van der Waals surface area contributed by atoms with Crippen LogP contribution in [0.15, 0.2) is 42.5 Å². The van der Waals surface area contributed by atoms with Gasteiger partial charge in [-0.2, -0.15) is 0 Å². The van der Waals surface area contributed by atoms with E-state index in [4.69, 9.17) is 9.47 Å². The SMILES string of the molecule is Cc1cccc(CNc2ccc3c(c2)OCO3)c1. The zero-order valence-corrected chi connectivity index (χ0v) is 10.3. The third-order valence-electron chi connectivity index (χ3n) is 2.95. The monoisotopic (exact) mass is 241 g/mol. The highest BCUT2D eigenvalue weighted by Crippen LogP contribution is 2.34. The largest absolute Gasteiger partial charge is 0.454 e. The minimum absolute atomic E-state index is 0.316. The van der Waals surface area contributed by atoms with Crippen molar-refractivity contribution in [1.29, 1.82) is 0 Å². The lowest BCUT2D eigenvalue weighted by molar-refractivity contribution is 0.174. The number of hydrogen-bond acceptors (Lipinski definition) is 3. The van der Waals surface area contributed by atoms with Crippen molar-refractivity contribution in [2.24, 2.45) is 0 Å². The van der Waals surface area contributed by atoms with Gasteiger partial charge in [0.15, 0.2) is 11.5 Å². The molecule has 0 fully saturated rings. The van der Waals surface area contributed by atoms with Gasteiger partial charge in [0.2, 0.25) is 6.79 Å². The summed E-state index contributed by atoms with van der Waals surface area (Å²) in [6, 6.07) is 14.4. The first-order valence-corrected chi connectivity index (χ1v) is 6.00. The Morgan fingerprint density at radius 1 is 1.06 bits per heavy atom. The fourth-order valence-electron chi connectivity index (χ4n) is 2.03. The number of nitrogens with one attached hydrogen (secondary N) is 1. The van der Waals surface area contributed by atoms with Crippen LogP contribution in [0.2, 0.25) is 0 Å². The summed E-state index contributed by atoms with van der Waals surface area (Å²) in [6.07, 6.45) is 0. The molecule has 0 amide bonds. The van der Waals surface area contributed by atoms with Gasteiger partial charge in [-0.15, -0.1) is 0 Å². The molecule has 18 heavy (non-hydrogen) atoms. The molecular weight excluding hydrogens is 226 g/mol. The van der Waals surface area contributed by atoms with Gasteiger partial charge in [-0.1, -0.05) is 29.8 Å². The van der Waals surface area contributed by atoms with Crippen molar-refractivity contribution < 1.29 is 9.47 Å². The lowest BCUT2D eigenvalue weighted by atomic mass is 10.1. The molecule has 3 nitrogen and oxygen atoms in total. The first-order chi connectivity index (χ1) is 8.81. The van der Waals surface area contributed by atoms with Gasteiger partial charge < -0.3 is 14.8 Å². The van der Waals surface area contributed by atoms with Gasteiger partial charge in [0.25, 0.3) is 0 Å². The Kier molecular flexibility index (Phi) is 2.81. The Labute approximate surface area is 106 Å². The molecule has 0 spiro atoms. The van der Waals surface area contributed by atoms with Crippen LogP contribution in [0.5, 0.6) is 11.5 Å². The fourth-order valence-corrected chi connectivity index (χ4v) is 2.03. The number of ether oxygens (including phenoxy) is 2. The summed E-state index contributed by atoms with van der Waals surface area (Å²) in [5.41, 5.74) is 3.59. The number of anilines is 1. The van der Waals surface area contributed by atoms with Crippen LogP contribution in [0.4, 0.5) is 5.69 Å². The van der Waals surface area contributed by atoms with Crippen molar-refractivity contribution in [2.45, 2.75) is 13.5 Å². The highest BCUT2D eigenvalue weighted by Gasteiger charge is 2.12. The maximum atomic E-state index is 5.35. The predicted molar refractivity (Wildman–Crippen MR) is 71.1 cm³/mol. The maximum absolute atomic E-state index is 5.35. The van der Waals surface area contributed by atoms with E-state index in [9.17, 15) is 0 Å². The molecule has 0 atom stereocenters. The third kappa shape index (κ3) is 2.25. The summed E-state index contributed by atoms with van der Waals surface area (Å²) in [4.78, 5) is 0. The topological polar surface area (TPSA) is 30.5 Å². The van der Waals surface area contributed by atoms with Crippen molar-refractivity contribution >= 4 is 5.69 Å². The molecule has 3 heteroatoms. The zero-order chi connectivity index (χ0) is 12.4. The highest BCUT2D eigenvalue weighted by atomic mass is 16.7. The van der Waals surface area contributed by atoms with Crippen molar-refractivity contribution in [3.05, 3.63) is 53.6 Å². The molecule has 2 aromatic rings. The van der Waals surface area contributed by atoms with Crippen LogP contribution in [-0.2, 0) is 6.54 Å². The second-order valence-corrected chi connectivity index (χ2v) is 4.41. The molecule has 1 N–H and O–H groups in total. The maximum Gasteiger partial charge on any atom is 0.231 e. The first kappa shape index (κ1) is 11.0. The lowest BCUT2D eigenvalue weighted by Gasteiger charge is -2.08. The van der Waals surface area contributed by atoms with E-state index in [1.54, 1.807) is 0 Å². The molecule has 1 aliphatic heterocycles. The molecule has 2 aromatic carbocycles. The lowest BCUT2D eigenvalue weighted by Crippen LogP contribution is -1.99. The molecule has 0 aromatic heterocycles. The third-order valence-corrected chi connectivity index (χ3v) is 2.95. The van der Waals surface area contributed by atoms with Gasteiger partial charge in [-0.25, -0.2) is 0 Å². The van der Waals surface area contributed by atoms with Crippen LogP contribution in [0.3, 0.4) is 0 Å². The van der Waals surface area contributed by atoms with Crippen LogP contribution in [0, 0.1) is 6.92 Å². The Morgan fingerprint density at radius 2 is 1.94 bits per heavy atom. The van der Waals surface area contributed by atoms with E-state index in [1.165, 1.54) is 11.1 Å².